The van der Waals surface area contributed by atoms with Crippen molar-refractivity contribution in [3.63, 3.8) is 0 Å². The molecular formula is C16H13ClF2N2O2. The Morgan fingerprint density at radius 1 is 1.13 bits per heavy atom. The number of carbonyl (C=O) groups excluding carboxylic acids is 2. The van der Waals surface area contributed by atoms with Crippen LogP contribution in [-0.4, -0.2) is 17.9 Å². The summed E-state index contributed by atoms with van der Waals surface area (Å²) in [5.74, 6) is -2.82. The summed E-state index contributed by atoms with van der Waals surface area (Å²) in [4.78, 5) is 24.0. The topological polar surface area (TPSA) is 58.2 Å². The lowest BCUT2D eigenvalue weighted by molar-refractivity contribution is -0.117. The van der Waals surface area contributed by atoms with Gasteiger partial charge < -0.3 is 10.6 Å². The molecule has 2 N–H and O–H groups in total. The van der Waals surface area contributed by atoms with Crippen LogP contribution in [0.1, 0.15) is 17.3 Å². The molecule has 0 fully saturated rings. The standard InChI is InChI=1S/C16H13ClF2N2O2/c1-9(20-16(23)11-4-2-3-5-12(11)17)15(22)21-14-7-6-10(18)8-13(14)19/h2-9H,1H3,(H,20,23)(H,21,22). The van der Waals surface area contributed by atoms with Crippen molar-refractivity contribution in [2.75, 3.05) is 5.32 Å². The molecule has 2 rings (SSSR count). The van der Waals surface area contributed by atoms with E-state index in [1.54, 1.807) is 18.2 Å². The van der Waals surface area contributed by atoms with Crippen LogP contribution in [0.15, 0.2) is 42.5 Å². The summed E-state index contributed by atoms with van der Waals surface area (Å²) >= 11 is 5.90. The maximum Gasteiger partial charge on any atom is 0.253 e. The first kappa shape index (κ1) is 16.9. The molecule has 0 radical (unpaired) electrons. The second-order valence-corrected chi connectivity index (χ2v) is 5.20. The van der Waals surface area contributed by atoms with E-state index in [4.69, 9.17) is 11.6 Å². The van der Waals surface area contributed by atoms with Crippen molar-refractivity contribution in [3.05, 3.63) is 64.7 Å². The smallest absolute Gasteiger partial charge is 0.253 e. The quantitative estimate of drug-likeness (QED) is 0.898. The van der Waals surface area contributed by atoms with Crippen molar-refractivity contribution in [2.24, 2.45) is 0 Å². The van der Waals surface area contributed by atoms with E-state index in [1.165, 1.54) is 13.0 Å². The van der Waals surface area contributed by atoms with Gasteiger partial charge in [0, 0.05) is 6.07 Å². The fourth-order valence-corrected chi connectivity index (χ4v) is 2.04. The number of benzene rings is 2. The zero-order chi connectivity index (χ0) is 17.0. The van der Waals surface area contributed by atoms with Crippen molar-refractivity contribution in [2.45, 2.75) is 13.0 Å². The molecule has 0 aliphatic heterocycles. The van der Waals surface area contributed by atoms with Crippen LogP contribution in [0.5, 0.6) is 0 Å². The predicted octanol–water partition coefficient (Wildman–Crippen LogP) is 3.38. The molecule has 0 heterocycles. The maximum absolute atomic E-state index is 13.5. The van der Waals surface area contributed by atoms with Gasteiger partial charge in [-0.05, 0) is 31.2 Å². The lowest BCUT2D eigenvalue weighted by atomic mass is 10.2. The summed E-state index contributed by atoms with van der Waals surface area (Å²) in [6.45, 7) is 1.44. The zero-order valence-corrected chi connectivity index (χ0v) is 12.8. The molecule has 0 saturated carbocycles. The number of halogens is 3. The van der Waals surface area contributed by atoms with Crippen molar-refractivity contribution in [3.8, 4) is 0 Å². The summed E-state index contributed by atoms with van der Waals surface area (Å²) in [6.07, 6.45) is 0. The average molecular weight is 339 g/mol. The van der Waals surface area contributed by atoms with E-state index in [0.29, 0.717) is 6.07 Å². The molecule has 120 valence electrons. The second kappa shape index (κ2) is 7.19. The van der Waals surface area contributed by atoms with Crippen molar-refractivity contribution in [1.82, 2.24) is 5.32 Å². The first-order valence-electron chi connectivity index (χ1n) is 6.70. The van der Waals surface area contributed by atoms with Gasteiger partial charge in [0.1, 0.15) is 17.7 Å². The number of hydrogen-bond acceptors (Lipinski definition) is 2. The SMILES string of the molecule is CC(NC(=O)c1ccccc1Cl)C(=O)Nc1ccc(F)cc1F. The van der Waals surface area contributed by atoms with Crippen LogP contribution in [0, 0.1) is 11.6 Å². The predicted molar refractivity (Wildman–Crippen MR) is 83.4 cm³/mol. The minimum absolute atomic E-state index is 0.171. The Labute approximate surface area is 136 Å². The number of hydrogen-bond donors (Lipinski definition) is 2. The number of anilines is 1. The fourth-order valence-electron chi connectivity index (χ4n) is 1.82. The third kappa shape index (κ3) is 4.26. The Morgan fingerprint density at radius 2 is 1.83 bits per heavy atom. The maximum atomic E-state index is 13.5. The summed E-state index contributed by atoms with van der Waals surface area (Å²) in [5, 5.41) is 4.99. The van der Waals surface area contributed by atoms with Gasteiger partial charge in [0.15, 0.2) is 0 Å². The van der Waals surface area contributed by atoms with Crippen LogP contribution in [0.4, 0.5) is 14.5 Å². The molecular weight excluding hydrogens is 326 g/mol. The van der Waals surface area contributed by atoms with Crippen LogP contribution < -0.4 is 10.6 Å². The van der Waals surface area contributed by atoms with E-state index in [9.17, 15) is 18.4 Å². The van der Waals surface area contributed by atoms with E-state index in [2.05, 4.69) is 10.6 Å². The summed E-state index contributed by atoms with van der Waals surface area (Å²) in [5.41, 5.74) is 0.0528. The lowest BCUT2D eigenvalue weighted by Gasteiger charge is -2.15. The van der Waals surface area contributed by atoms with Crippen LogP contribution >= 0.6 is 11.6 Å². The summed E-state index contributed by atoms with van der Waals surface area (Å²) in [7, 11) is 0. The monoisotopic (exact) mass is 338 g/mol. The Kier molecular flexibility index (Phi) is 5.28. The van der Waals surface area contributed by atoms with E-state index < -0.39 is 29.5 Å². The first-order valence-corrected chi connectivity index (χ1v) is 7.07. The van der Waals surface area contributed by atoms with Gasteiger partial charge in [-0.15, -0.1) is 0 Å². The van der Waals surface area contributed by atoms with Crippen molar-refractivity contribution in [1.29, 1.82) is 0 Å². The normalized spacial score (nSPS) is 11.7. The van der Waals surface area contributed by atoms with E-state index in [0.717, 1.165) is 12.1 Å². The largest absolute Gasteiger partial charge is 0.340 e. The molecule has 0 saturated heterocycles. The molecule has 1 unspecified atom stereocenters. The molecule has 0 aromatic heterocycles. The summed E-state index contributed by atoms with van der Waals surface area (Å²) in [6, 6.07) is 8.21. The van der Waals surface area contributed by atoms with Gasteiger partial charge >= 0.3 is 0 Å². The third-order valence-corrected chi connectivity index (χ3v) is 3.38. The molecule has 4 nitrogen and oxygen atoms in total. The Balaban J connectivity index is 2.03. The molecule has 2 aromatic carbocycles. The molecule has 23 heavy (non-hydrogen) atoms. The Morgan fingerprint density at radius 3 is 2.48 bits per heavy atom. The molecule has 0 bridgehead atoms. The molecule has 2 amide bonds. The van der Waals surface area contributed by atoms with Gasteiger partial charge in [-0.1, -0.05) is 23.7 Å². The van der Waals surface area contributed by atoms with Crippen LogP contribution in [0.25, 0.3) is 0 Å². The molecule has 0 aliphatic rings. The third-order valence-electron chi connectivity index (χ3n) is 3.05. The number of amides is 2. The molecule has 0 spiro atoms. The van der Waals surface area contributed by atoms with Crippen LogP contribution in [0.2, 0.25) is 5.02 Å². The number of nitrogens with one attached hydrogen (secondary N) is 2. The highest BCUT2D eigenvalue weighted by atomic mass is 35.5. The number of carbonyl (C=O) groups is 2. The average Bonchev–Trinajstić information content (AvgIpc) is 2.50. The molecule has 1 atom stereocenters. The molecule has 7 heteroatoms. The highest BCUT2D eigenvalue weighted by Crippen LogP contribution is 2.16. The minimum Gasteiger partial charge on any atom is -0.340 e. The van der Waals surface area contributed by atoms with Gasteiger partial charge in [-0.3, -0.25) is 9.59 Å². The van der Waals surface area contributed by atoms with Crippen molar-refractivity contribution < 1.29 is 18.4 Å². The van der Waals surface area contributed by atoms with Crippen LogP contribution in [0.3, 0.4) is 0 Å². The molecule has 0 aliphatic carbocycles. The lowest BCUT2D eigenvalue weighted by Crippen LogP contribution is -2.41. The van der Waals surface area contributed by atoms with E-state index >= 15 is 0 Å². The minimum atomic E-state index is -0.941. The van der Waals surface area contributed by atoms with Crippen LogP contribution in [-0.2, 0) is 4.79 Å². The Bertz CT molecular complexity index is 753. The summed E-state index contributed by atoms with van der Waals surface area (Å²) < 4.78 is 26.3. The van der Waals surface area contributed by atoms with Gasteiger partial charge in [-0.2, -0.15) is 0 Å². The zero-order valence-electron chi connectivity index (χ0n) is 12.1. The number of rotatable bonds is 4. The van der Waals surface area contributed by atoms with Gasteiger partial charge in [-0.25, -0.2) is 8.78 Å². The highest BCUT2D eigenvalue weighted by molar-refractivity contribution is 6.33. The molecule has 2 aromatic rings. The van der Waals surface area contributed by atoms with Crippen molar-refractivity contribution >= 4 is 29.1 Å². The van der Waals surface area contributed by atoms with E-state index in [1.807, 2.05) is 0 Å². The highest BCUT2D eigenvalue weighted by Gasteiger charge is 2.19. The van der Waals surface area contributed by atoms with Gasteiger partial charge in [0.2, 0.25) is 5.91 Å². The first-order chi connectivity index (χ1) is 10.9. The second-order valence-electron chi connectivity index (χ2n) is 4.79. The van der Waals surface area contributed by atoms with Gasteiger partial charge in [0.05, 0.1) is 16.3 Å². The van der Waals surface area contributed by atoms with E-state index in [-0.39, 0.29) is 16.3 Å². The Hall–Kier alpha value is -2.47. The van der Waals surface area contributed by atoms with Gasteiger partial charge in [0.25, 0.3) is 5.91 Å². The fraction of sp³-hybridized carbons (Fsp3) is 0.125.